The van der Waals surface area contributed by atoms with Gasteiger partial charge >= 0.3 is 0 Å². The van der Waals surface area contributed by atoms with Gasteiger partial charge in [-0.25, -0.2) is 0 Å². The monoisotopic (exact) mass is 271 g/mol. The van der Waals surface area contributed by atoms with E-state index in [4.69, 9.17) is 5.73 Å². The van der Waals surface area contributed by atoms with Crippen LogP contribution in [-0.4, -0.2) is 24.0 Å². The minimum absolute atomic E-state index is 0.0826. The quantitative estimate of drug-likeness (QED) is 0.817. The van der Waals surface area contributed by atoms with Crippen molar-refractivity contribution in [1.82, 2.24) is 10.3 Å². The van der Waals surface area contributed by atoms with Crippen LogP contribution >= 0.6 is 0 Å². The predicted octanol–water partition coefficient (Wildman–Crippen LogP) is 1.56. The van der Waals surface area contributed by atoms with Gasteiger partial charge in [0.1, 0.15) is 0 Å². The number of aromatic nitrogens is 1. The lowest BCUT2D eigenvalue weighted by atomic mass is 9.92. The van der Waals surface area contributed by atoms with Gasteiger partial charge in [-0.1, -0.05) is 25.7 Å². The highest BCUT2D eigenvalue weighted by molar-refractivity contribution is 5.94. The first-order chi connectivity index (χ1) is 9.57. The number of nitrogens with zero attached hydrogens (tertiary/aromatic N) is 1. The molecule has 0 saturated heterocycles. The van der Waals surface area contributed by atoms with E-state index in [1.54, 1.807) is 18.5 Å². The molecule has 0 atom stereocenters. The first-order valence-corrected chi connectivity index (χ1v) is 6.99. The van der Waals surface area contributed by atoms with Gasteiger partial charge < -0.3 is 11.1 Å². The second-order valence-corrected chi connectivity index (χ2v) is 5.67. The van der Waals surface area contributed by atoms with Crippen LogP contribution < -0.4 is 11.1 Å². The maximum absolute atomic E-state index is 12.1. The van der Waals surface area contributed by atoms with Gasteiger partial charge in [0, 0.05) is 24.5 Å². The molecule has 4 heteroatoms. The van der Waals surface area contributed by atoms with Gasteiger partial charge in [-0.3, -0.25) is 9.78 Å². The van der Waals surface area contributed by atoms with Crippen molar-refractivity contribution in [3.8, 4) is 11.8 Å². The third kappa shape index (κ3) is 3.37. The van der Waals surface area contributed by atoms with Crippen molar-refractivity contribution in [3.05, 3.63) is 29.6 Å². The third-order valence-corrected chi connectivity index (χ3v) is 4.05. The Morgan fingerprint density at radius 2 is 2.25 bits per heavy atom. The van der Waals surface area contributed by atoms with Crippen LogP contribution in [0.15, 0.2) is 18.5 Å². The number of amides is 1. The van der Waals surface area contributed by atoms with E-state index in [9.17, 15) is 4.79 Å². The Labute approximate surface area is 120 Å². The molecule has 1 amide bonds. The summed E-state index contributed by atoms with van der Waals surface area (Å²) in [5, 5.41) is 3.01. The van der Waals surface area contributed by atoms with E-state index in [1.165, 1.54) is 12.8 Å². The number of nitrogens with one attached hydrogen (secondary N) is 1. The Kier molecular flexibility index (Phi) is 4.41. The Morgan fingerprint density at radius 3 is 2.85 bits per heavy atom. The number of nitrogens with two attached hydrogens (primary N) is 1. The van der Waals surface area contributed by atoms with Crippen molar-refractivity contribution in [3.63, 3.8) is 0 Å². The Balaban J connectivity index is 1.99. The van der Waals surface area contributed by atoms with Gasteiger partial charge in [0.15, 0.2) is 0 Å². The van der Waals surface area contributed by atoms with Crippen molar-refractivity contribution in [2.75, 3.05) is 13.1 Å². The number of carbonyl (C=O) groups excluding carboxylic acids is 1. The van der Waals surface area contributed by atoms with Crippen LogP contribution in [0.1, 0.15) is 42.6 Å². The molecule has 1 aromatic rings. The second kappa shape index (κ2) is 6.06. The number of pyridine rings is 1. The molecule has 1 aliphatic rings. The summed E-state index contributed by atoms with van der Waals surface area (Å²) in [5.74, 6) is 6.16. The smallest absolute Gasteiger partial charge is 0.252 e. The molecule has 0 unspecified atom stereocenters. The molecule has 0 bridgehead atoms. The van der Waals surface area contributed by atoms with Gasteiger partial charge in [0.2, 0.25) is 0 Å². The molecule has 0 radical (unpaired) electrons. The van der Waals surface area contributed by atoms with Crippen molar-refractivity contribution >= 4 is 5.91 Å². The van der Waals surface area contributed by atoms with Crippen molar-refractivity contribution in [2.45, 2.75) is 26.7 Å². The minimum Gasteiger partial charge on any atom is -0.351 e. The summed E-state index contributed by atoms with van der Waals surface area (Å²) in [5.41, 5.74) is 6.90. The Hall–Kier alpha value is -1.86. The highest BCUT2D eigenvalue weighted by atomic mass is 16.1. The van der Waals surface area contributed by atoms with Crippen molar-refractivity contribution in [2.24, 2.45) is 17.1 Å². The molecule has 1 aliphatic carbocycles. The van der Waals surface area contributed by atoms with Crippen LogP contribution in [-0.2, 0) is 0 Å². The molecule has 2 rings (SSSR count). The summed E-state index contributed by atoms with van der Waals surface area (Å²) in [7, 11) is 0. The number of hydrogen-bond donors (Lipinski definition) is 2. The number of hydrogen-bond acceptors (Lipinski definition) is 3. The summed E-state index contributed by atoms with van der Waals surface area (Å²) in [4.78, 5) is 16.2. The topological polar surface area (TPSA) is 68.0 Å². The predicted molar refractivity (Wildman–Crippen MR) is 79.0 cm³/mol. The normalized spacial score (nSPS) is 15.4. The van der Waals surface area contributed by atoms with Crippen molar-refractivity contribution < 1.29 is 4.79 Å². The van der Waals surface area contributed by atoms with Gasteiger partial charge in [0.25, 0.3) is 5.91 Å². The maximum Gasteiger partial charge on any atom is 0.252 e. The van der Waals surface area contributed by atoms with E-state index in [-0.39, 0.29) is 5.91 Å². The molecular formula is C16H21N3O. The van der Waals surface area contributed by atoms with Crippen LogP contribution in [0, 0.1) is 23.2 Å². The van der Waals surface area contributed by atoms with Gasteiger partial charge in [-0.2, -0.15) is 0 Å². The SMILES string of the molecule is CC(C)C1(CNC(=O)c2cncc(C#CCN)c2)CC1. The first kappa shape index (κ1) is 14.5. The molecule has 1 aromatic heterocycles. The molecule has 0 aromatic carbocycles. The second-order valence-electron chi connectivity index (χ2n) is 5.67. The molecule has 106 valence electrons. The van der Waals surface area contributed by atoms with E-state index in [1.807, 2.05) is 0 Å². The van der Waals surface area contributed by atoms with Crippen LogP contribution in [0.2, 0.25) is 0 Å². The molecule has 1 fully saturated rings. The first-order valence-electron chi connectivity index (χ1n) is 6.99. The number of rotatable bonds is 4. The average molecular weight is 271 g/mol. The van der Waals surface area contributed by atoms with E-state index in [2.05, 4.69) is 36.0 Å². The van der Waals surface area contributed by atoms with Crippen LogP contribution in [0.3, 0.4) is 0 Å². The maximum atomic E-state index is 12.1. The zero-order valence-corrected chi connectivity index (χ0v) is 12.1. The van der Waals surface area contributed by atoms with Crippen LogP contribution in [0.4, 0.5) is 0 Å². The molecule has 0 spiro atoms. The fraction of sp³-hybridized carbons (Fsp3) is 0.500. The lowest BCUT2D eigenvalue weighted by Crippen LogP contribution is -2.32. The molecule has 1 heterocycles. The highest BCUT2D eigenvalue weighted by Crippen LogP contribution is 2.51. The van der Waals surface area contributed by atoms with E-state index >= 15 is 0 Å². The molecule has 0 aliphatic heterocycles. The summed E-state index contributed by atoms with van der Waals surface area (Å²) in [6.07, 6.45) is 5.60. The minimum atomic E-state index is -0.0826. The van der Waals surface area contributed by atoms with E-state index in [0.29, 0.717) is 29.0 Å². The summed E-state index contributed by atoms with van der Waals surface area (Å²) < 4.78 is 0. The van der Waals surface area contributed by atoms with Crippen LogP contribution in [0.5, 0.6) is 0 Å². The number of carbonyl (C=O) groups is 1. The third-order valence-electron chi connectivity index (χ3n) is 4.05. The van der Waals surface area contributed by atoms with Crippen molar-refractivity contribution in [1.29, 1.82) is 0 Å². The molecule has 3 N–H and O–H groups in total. The Morgan fingerprint density at radius 1 is 1.50 bits per heavy atom. The fourth-order valence-corrected chi connectivity index (χ4v) is 2.26. The largest absolute Gasteiger partial charge is 0.351 e. The molecular weight excluding hydrogens is 250 g/mol. The van der Waals surface area contributed by atoms with Gasteiger partial charge in [-0.15, -0.1) is 0 Å². The molecule has 4 nitrogen and oxygen atoms in total. The zero-order chi connectivity index (χ0) is 14.6. The lowest BCUT2D eigenvalue weighted by molar-refractivity contribution is 0.0939. The molecule has 1 saturated carbocycles. The zero-order valence-electron chi connectivity index (χ0n) is 12.1. The summed E-state index contributed by atoms with van der Waals surface area (Å²) >= 11 is 0. The molecule has 20 heavy (non-hydrogen) atoms. The average Bonchev–Trinajstić information content (AvgIpc) is 3.24. The summed E-state index contributed by atoms with van der Waals surface area (Å²) in [6, 6.07) is 1.75. The fourth-order valence-electron chi connectivity index (χ4n) is 2.26. The van der Waals surface area contributed by atoms with Crippen LogP contribution in [0.25, 0.3) is 0 Å². The highest BCUT2D eigenvalue weighted by Gasteiger charge is 2.45. The Bertz CT molecular complexity index is 550. The van der Waals surface area contributed by atoms with Gasteiger partial charge in [-0.05, 0) is 30.2 Å². The summed E-state index contributed by atoms with van der Waals surface area (Å²) in [6.45, 7) is 5.46. The van der Waals surface area contributed by atoms with Gasteiger partial charge in [0.05, 0.1) is 12.1 Å². The van der Waals surface area contributed by atoms with E-state index < -0.39 is 0 Å². The van der Waals surface area contributed by atoms with E-state index in [0.717, 1.165) is 6.54 Å². The lowest BCUT2D eigenvalue weighted by Gasteiger charge is -2.19. The standard InChI is InChI=1S/C16H21N3O/c1-12(2)16(5-6-16)11-19-15(20)14-8-13(4-3-7-17)9-18-10-14/h8-10,12H,5-7,11,17H2,1-2H3,(H,19,20).